The minimum absolute atomic E-state index is 0.333. The summed E-state index contributed by atoms with van der Waals surface area (Å²) in [6.07, 6.45) is 1.61. The van der Waals surface area contributed by atoms with Crippen molar-refractivity contribution in [2.75, 3.05) is 5.32 Å². The van der Waals surface area contributed by atoms with Crippen LogP contribution in [0.3, 0.4) is 0 Å². The van der Waals surface area contributed by atoms with Gasteiger partial charge >= 0.3 is 6.03 Å². The first kappa shape index (κ1) is 16.8. The first-order chi connectivity index (χ1) is 11.5. The van der Waals surface area contributed by atoms with Crippen LogP contribution in [0.2, 0.25) is 10.0 Å². The lowest BCUT2D eigenvalue weighted by Crippen LogP contribution is -2.28. The molecule has 0 aliphatic heterocycles. The lowest BCUT2D eigenvalue weighted by atomic mass is 10.3. The largest absolute Gasteiger partial charge is 0.462 e. The highest BCUT2D eigenvalue weighted by atomic mass is 35.5. The highest BCUT2D eigenvalue weighted by Gasteiger charge is 2.12. The van der Waals surface area contributed by atoms with Crippen molar-refractivity contribution in [3.63, 3.8) is 0 Å². The molecule has 0 spiro atoms. The van der Waals surface area contributed by atoms with Crippen LogP contribution < -0.4 is 10.6 Å². The van der Waals surface area contributed by atoms with Crippen molar-refractivity contribution >= 4 is 46.3 Å². The molecule has 2 N–H and O–H groups in total. The van der Waals surface area contributed by atoms with Crippen molar-refractivity contribution in [1.82, 2.24) is 10.3 Å². The van der Waals surface area contributed by atoms with Crippen molar-refractivity contribution < 1.29 is 9.21 Å². The Balaban J connectivity index is 1.61. The molecule has 0 aliphatic carbocycles. The lowest BCUT2D eigenvalue weighted by Gasteiger charge is -2.07. The molecule has 2 heterocycles. The standard InChI is InChI=1S/C16H13Cl2N3O2S/c1-9-14(24-15(20-9)13-3-2-6-23-13)8-19-16(22)21-10-4-5-11(17)12(18)7-10/h2-7H,8H2,1H3,(H2,19,21,22). The van der Waals surface area contributed by atoms with E-state index in [-0.39, 0.29) is 6.03 Å². The van der Waals surface area contributed by atoms with Gasteiger partial charge in [-0.2, -0.15) is 0 Å². The fourth-order valence-electron chi connectivity index (χ4n) is 2.01. The fourth-order valence-corrected chi connectivity index (χ4v) is 3.28. The first-order valence-corrected chi connectivity index (χ1v) is 8.60. The maximum atomic E-state index is 12.0. The molecule has 2 amide bonds. The number of aryl methyl sites for hydroxylation is 1. The number of thiazole rings is 1. The molecule has 0 bridgehead atoms. The van der Waals surface area contributed by atoms with Gasteiger partial charge in [0.25, 0.3) is 0 Å². The molecule has 0 fully saturated rings. The van der Waals surface area contributed by atoms with Crippen LogP contribution in [0.15, 0.2) is 41.0 Å². The minimum atomic E-state index is -0.333. The Morgan fingerprint density at radius 2 is 2.12 bits per heavy atom. The molecule has 1 aromatic carbocycles. The molecule has 8 heteroatoms. The predicted molar refractivity (Wildman–Crippen MR) is 96.9 cm³/mol. The summed E-state index contributed by atoms with van der Waals surface area (Å²) in [5.41, 5.74) is 1.43. The number of hydrogen-bond acceptors (Lipinski definition) is 4. The van der Waals surface area contributed by atoms with Gasteiger partial charge in [0.2, 0.25) is 0 Å². The predicted octanol–water partition coefficient (Wildman–Crippen LogP) is 5.34. The van der Waals surface area contributed by atoms with Crippen LogP contribution in [-0.2, 0) is 6.54 Å². The van der Waals surface area contributed by atoms with E-state index in [1.54, 1.807) is 24.5 Å². The Labute approximate surface area is 152 Å². The van der Waals surface area contributed by atoms with E-state index in [9.17, 15) is 4.79 Å². The van der Waals surface area contributed by atoms with E-state index in [4.69, 9.17) is 27.6 Å². The summed E-state index contributed by atoms with van der Waals surface area (Å²) < 4.78 is 5.34. The van der Waals surface area contributed by atoms with Gasteiger partial charge in [0.05, 0.1) is 28.5 Å². The number of aromatic nitrogens is 1. The van der Waals surface area contributed by atoms with Gasteiger partial charge in [0.1, 0.15) is 0 Å². The molecule has 2 aromatic heterocycles. The van der Waals surface area contributed by atoms with Crippen LogP contribution in [-0.4, -0.2) is 11.0 Å². The normalized spacial score (nSPS) is 10.6. The van der Waals surface area contributed by atoms with Crippen LogP contribution in [0.5, 0.6) is 0 Å². The Morgan fingerprint density at radius 1 is 1.29 bits per heavy atom. The Hall–Kier alpha value is -2.02. The van der Waals surface area contributed by atoms with Gasteiger partial charge in [-0.15, -0.1) is 11.3 Å². The monoisotopic (exact) mass is 381 g/mol. The van der Waals surface area contributed by atoms with E-state index in [0.29, 0.717) is 22.3 Å². The van der Waals surface area contributed by atoms with Gasteiger partial charge in [0.15, 0.2) is 10.8 Å². The number of amides is 2. The van der Waals surface area contributed by atoms with Crippen molar-refractivity contribution in [1.29, 1.82) is 0 Å². The quantitative estimate of drug-likeness (QED) is 0.640. The number of hydrogen-bond donors (Lipinski definition) is 2. The number of rotatable bonds is 4. The molecule has 3 aromatic rings. The molecule has 0 aliphatic rings. The van der Waals surface area contributed by atoms with Gasteiger partial charge < -0.3 is 15.1 Å². The third-order valence-corrected chi connectivity index (χ3v) is 5.12. The summed E-state index contributed by atoms with van der Waals surface area (Å²) in [5, 5.41) is 7.12. The van der Waals surface area contributed by atoms with Gasteiger partial charge in [-0.3, -0.25) is 0 Å². The fraction of sp³-hybridized carbons (Fsp3) is 0.125. The van der Waals surface area contributed by atoms with Gasteiger partial charge in [-0.1, -0.05) is 23.2 Å². The molecule has 124 valence electrons. The van der Waals surface area contributed by atoms with Gasteiger partial charge in [0, 0.05) is 10.6 Å². The summed E-state index contributed by atoms with van der Waals surface area (Å²) in [6.45, 7) is 2.27. The zero-order valence-electron chi connectivity index (χ0n) is 12.6. The number of benzene rings is 1. The highest BCUT2D eigenvalue weighted by Crippen LogP contribution is 2.28. The van der Waals surface area contributed by atoms with Gasteiger partial charge in [-0.05, 0) is 37.3 Å². The first-order valence-electron chi connectivity index (χ1n) is 7.03. The van der Waals surface area contributed by atoms with Crippen LogP contribution in [0.4, 0.5) is 10.5 Å². The molecular weight excluding hydrogens is 369 g/mol. The number of anilines is 1. The zero-order valence-corrected chi connectivity index (χ0v) is 14.9. The highest BCUT2D eigenvalue weighted by molar-refractivity contribution is 7.15. The van der Waals surface area contributed by atoms with E-state index in [1.807, 2.05) is 19.1 Å². The molecular formula is C16H13Cl2N3O2S. The summed E-state index contributed by atoms with van der Waals surface area (Å²) in [5.74, 6) is 0.717. The third-order valence-electron chi connectivity index (χ3n) is 3.21. The lowest BCUT2D eigenvalue weighted by molar-refractivity contribution is 0.252. The minimum Gasteiger partial charge on any atom is -0.462 e. The van der Waals surface area contributed by atoms with Crippen LogP contribution in [0, 0.1) is 6.92 Å². The molecule has 0 saturated heterocycles. The smallest absolute Gasteiger partial charge is 0.319 e. The van der Waals surface area contributed by atoms with E-state index in [0.717, 1.165) is 21.3 Å². The average molecular weight is 382 g/mol. The second-order valence-electron chi connectivity index (χ2n) is 4.94. The second-order valence-corrected chi connectivity index (χ2v) is 6.84. The molecule has 5 nitrogen and oxygen atoms in total. The molecule has 24 heavy (non-hydrogen) atoms. The van der Waals surface area contributed by atoms with Gasteiger partial charge in [-0.25, -0.2) is 9.78 Å². The van der Waals surface area contributed by atoms with Crippen LogP contribution in [0.25, 0.3) is 10.8 Å². The van der Waals surface area contributed by atoms with Crippen molar-refractivity contribution in [2.45, 2.75) is 13.5 Å². The number of carbonyl (C=O) groups excluding carboxylic acids is 1. The maximum absolute atomic E-state index is 12.0. The SMILES string of the molecule is Cc1nc(-c2ccco2)sc1CNC(=O)Nc1ccc(Cl)c(Cl)c1. The Kier molecular flexibility index (Phi) is 5.08. The van der Waals surface area contributed by atoms with Crippen LogP contribution in [0.1, 0.15) is 10.6 Å². The third kappa shape index (κ3) is 3.90. The number of carbonyl (C=O) groups is 1. The summed E-state index contributed by atoms with van der Waals surface area (Å²) >= 11 is 13.3. The summed E-state index contributed by atoms with van der Waals surface area (Å²) in [4.78, 5) is 17.4. The molecule has 0 unspecified atom stereocenters. The average Bonchev–Trinajstić information content (AvgIpc) is 3.18. The molecule has 0 radical (unpaired) electrons. The van der Waals surface area contributed by atoms with E-state index < -0.39 is 0 Å². The van der Waals surface area contributed by atoms with E-state index in [2.05, 4.69) is 15.6 Å². The van der Waals surface area contributed by atoms with Crippen LogP contribution >= 0.6 is 34.5 Å². The molecule has 0 saturated carbocycles. The molecule has 3 rings (SSSR count). The number of furan rings is 1. The topological polar surface area (TPSA) is 67.2 Å². The molecule has 0 atom stereocenters. The summed E-state index contributed by atoms with van der Waals surface area (Å²) in [6, 6.07) is 8.24. The van der Waals surface area contributed by atoms with Crippen molar-refractivity contribution in [3.05, 3.63) is 57.2 Å². The Morgan fingerprint density at radius 3 is 2.83 bits per heavy atom. The summed E-state index contributed by atoms with van der Waals surface area (Å²) in [7, 11) is 0. The number of halogens is 2. The number of urea groups is 1. The zero-order chi connectivity index (χ0) is 17.1. The number of nitrogens with zero attached hydrogens (tertiary/aromatic N) is 1. The number of nitrogens with one attached hydrogen (secondary N) is 2. The van der Waals surface area contributed by atoms with Crippen molar-refractivity contribution in [2.24, 2.45) is 0 Å². The maximum Gasteiger partial charge on any atom is 0.319 e. The van der Waals surface area contributed by atoms with Crippen molar-refractivity contribution in [3.8, 4) is 10.8 Å². The Bertz CT molecular complexity index is 862. The van der Waals surface area contributed by atoms with E-state index >= 15 is 0 Å². The second kappa shape index (κ2) is 7.25. The van der Waals surface area contributed by atoms with E-state index in [1.165, 1.54) is 11.3 Å².